The molecule has 3 rings (SSSR count). The quantitative estimate of drug-likeness (QED) is 0.670. The number of hydrogen-bond acceptors (Lipinski definition) is 4. The zero-order valence-corrected chi connectivity index (χ0v) is 17.6. The maximum Gasteiger partial charge on any atom is 0.263 e. The number of halogens is 1. The molecular formula is C18H20ClN3O2S2. The molecule has 0 atom stereocenters. The van der Waals surface area contributed by atoms with E-state index >= 15 is 0 Å². The molecule has 1 N–H and O–H groups in total. The van der Waals surface area contributed by atoms with Gasteiger partial charge in [-0.3, -0.25) is 4.72 Å². The van der Waals surface area contributed by atoms with Crippen LogP contribution in [0.5, 0.6) is 0 Å². The molecule has 0 saturated heterocycles. The molecule has 0 aliphatic carbocycles. The van der Waals surface area contributed by atoms with Crippen LogP contribution >= 0.6 is 22.9 Å². The van der Waals surface area contributed by atoms with Crippen LogP contribution in [0.2, 0.25) is 5.02 Å². The third kappa shape index (κ3) is 3.39. The Bertz CT molecular complexity index is 1080. The molecule has 26 heavy (non-hydrogen) atoms. The van der Waals surface area contributed by atoms with Gasteiger partial charge >= 0.3 is 0 Å². The number of sulfonamides is 1. The first-order valence-corrected chi connectivity index (χ1v) is 10.7. The van der Waals surface area contributed by atoms with Gasteiger partial charge in [-0.1, -0.05) is 17.7 Å². The Morgan fingerprint density at radius 2 is 1.85 bits per heavy atom. The molecule has 0 saturated carbocycles. The molecule has 138 valence electrons. The second kappa shape index (κ2) is 6.72. The van der Waals surface area contributed by atoms with Crippen LogP contribution in [0.3, 0.4) is 0 Å². The van der Waals surface area contributed by atoms with Gasteiger partial charge in [0.2, 0.25) is 0 Å². The summed E-state index contributed by atoms with van der Waals surface area (Å²) in [7, 11) is -1.89. The summed E-state index contributed by atoms with van der Waals surface area (Å²) in [5.41, 5.74) is 3.72. The van der Waals surface area contributed by atoms with Gasteiger partial charge in [0.25, 0.3) is 10.0 Å². The maximum atomic E-state index is 12.9. The minimum absolute atomic E-state index is 0.234. The van der Waals surface area contributed by atoms with Crippen molar-refractivity contribution in [3.8, 4) is 10.7 Å². The Morgan fingerprint density at radius 1 is 1.15 bits per heavy atom. The van der Waals surface area contributed by atoms with Gasteiger partial charge in [0, 0.05) is 22.6 Å². The first-order chi connectivity index (χ1) is 12.1. The lowest BCUT2D eigenvalue weighted by molar-refractivity contribution is 0.600. The van der Waals surface area contributed by atoms with Crippen LogP contribution in [0.1, 0.15) is 21.8 Å². The summed E-state index contributed by atoms with van der Waals surface area (Å²) in [5.74, 6) is 0. The molecule has 0 unspecified atom stereocenters. The number of hydrogen-bond donors (Lipinski definition) is 1. The molecule has 0 aliphatic rings. The number of anilines is 1. The van der Waals surface area contributed by atoms with Gasteiger partial charge in [-0.05, 0) is 51.5 Å². The summed E-state index contributed by atoms with van der Waals surface area (Å²) in [4.78, 5) is 5.90. The molecule has 5 nitrogen and oxygen atoms in total. The van der Waals surface area contributed by atoms with Gasteiger partial charge in [-0.2, -0.15) is 0 Å². The zero-order chi connectivity index (χ0) is 19.2. The minimum Gasteiger partial charge on any atom is -0.345 e. The van der Waals surface area contributed by atoms with Gasteiger partial charge in [0.15, 0.2) is 0 Å². The van der Waals surface area contributed by atoms with Gasteiger partial charge in [-0.25, -0.2) is 13.4 Å². The molecular weight excluding hydrogens is 390 g/mol. The fraction of sp³-hybridized carbons (Fsp3) is 0.278. The van der Waals surface area contributed by atoms with E-state index in [9.17, 15) is 8.42 Å². The van der Waals surface area contributed by atoms with Gasteiger partial charge in [0.1, 0.15) is 9.90 Å². The first kappa shape index (κ1) is 18.9. The van der Waals surface area contributed by atoms with Crippen molar-refractivity contribution in [2.24, 2.45) is 7.05 Å². The molecule has 0 spiro atoms. The summed E-state index contributed by atoms with van der Waals surface area (Å²) in [6.45, 7) is 7.61. The van der Waals surface area contributed by atoms with Crippen LogP contribution < -0.4 is 4.72 Å². The molecule has 0 bridgehead atoms. The van der Waals surface area contributed by atoms with Crippen LogP contribution in [0.4, 0.5) is 5.69 Å². The number of aromatic nitrogens is 2. The normalized spacial score (nSPS) is 11.8. The summed E-state index contributed by atoms with van der Waals surface area (Å²) >= 11 is 7.66. The lowest BCUT2D eigenvalue weighted by Crippen LogP contribution is -2.13. The van der Waals surface area contributed by atoms with Gasteiger partial charge in [0.05, 0.1) is 17.1 Å². The van der Waals surface area contributed by atoms with E-state index in [2.05, 4.69) is 9.71 Å². The van der Waals surface area contributed by atoms with Crippen LogP contribution in [0.15, 0.2) is 29.2 Å². The van der Waals surface area contributed by atoms with Crippen LogP contribution in [-0.4, -0.2) is 18.0 Å². The van der Waals surface area contributed by atoms with E-state index in [1.165, 1.54) is 0 Å². The summed E-state index contributed by atoms with van der Waals surface area (Å²) in [6.07, 6.45) is 0. The second-order valence-corrected chi connectivity index (χ2v) is 9.53. The molecule has 0 aliphatic heterocycles. The van der Waals surface area contributed by atoms with Crippen molar-refractivity contribution in [2.45, 2.75) is 32.6 Å². The van der Waals surface area contributed by atoms with Crippen LogP contribution in [0, 0.1) is 27.7 Å². The number of benzene rings is 1. The Morgan fingerprint density at radius 3 is 2.42 bits per heavy atom. The molecule has 2 heterocycles. The molecule has 1 aromatic carbocycles. The number of thiazole rings is 1. The smallest absolute Gasteiger partial charge is 0.263 e. The molecule has 0 amide bonds. The van der Waals surface area contributed by atoms with Crippen molar-refractivity contribution in [3.05, 3.63) is 51.1 Å². The largest absolute Gasteiger partial charge is 0.345 e. The average molecular weight is 410 g/mol. The fourth-order valence-electron chi connectivity index (χ4n) is 2.60. The highest BCUT2D eigenvalue weighted by atomic mass is 35.5. The minimum atomic E-state index is -3.74. The molecule has 0 fully saturated rings. The van der Waals surface area contributed by atoms with Crippen molar-refractivity contribution in [1.82, 2.24) is 9.55 Å². The SMILES string of the molecule is Cc1ccc(NS(=O)(=O)c2cc(-c3nc(C)c(C)s3)n(C)c2C)cc1Cl. The first-order valence-electron chi connectivity index (χ1n) is 8.00. The monoisotopic (exact) mass is 409 g/mol. The van der Waals surface area contributed by atoms with Gasteiger partial charge < -0.3 is 4.57 Å². The predicted molar refractivity (Wildman–Crippen MR) is 108 cm³/mol. The van der Waals surface area contributed by atoms with Crippen molar-refractivity contribution < 1.29 is 8.42 Å². The number of nitrogens with one attached hydrogen (secondary N) is 1. The van der Waals surface area contributed by atoms with Crippen molar-refractivity contribution in [2.75, 3.05) is 4.72 Å². The third-order valence-corrected chi connectivity index (χ3v) is 7.45. The molecule has 3 aromatic rings. The van der Waals surface area contributed by atoms with E-state index in [0.717, 1.165) is 26.8 Å². The Kier molecular flexibility index (Phi) is 4.90. The highest BCUT2D eigenvalue weighted by Gasteiger charge is 2.24. The van der Waals surface area contributed by atoms with E-state index in [1.54, 1.807) is 42.5 Å². The second-order valence-electron chi connectivity index (χ2n) is 6.27. The predicted octanol–water partition coefficient (Wildman–Crippen LogP) is 4.84. The van der Waals surface area contributed by atoms with E-state index in [1.807, 2.05) is 32.4 Å². The molecule has 8 heteroatoms. The number of aryl methyl sites for hydroxylation is 3. The standard InChI is InChI=1S/C18H20ClN3O2S2/c1-10-6-7-14(8-15(10)19)21-26(23,24)17-9-16(22(5)12(17)3)18-20-11(2)13(4)25-18/h6-9,21H,1-5H3. The Labute approximate surface area is 162 Å². The van der Waals surface area contributed by atoms with Crippen LogP contribution in [-0.2, 0) is 17.1 Å². The zero-order valence-electron chi connectivity index (χ0n) is 15.2. The molecule has 2 aromatic heterocycles. The summed E-state index contributed by atoms with van der Waals surface area (Å²) < 4.78 is 30.3. The lowest BCUT2D eigenvalue weighted by atomic mass is 10.2. The van der Waals surface area contributed by atoms with E-state index < -0.39 is 10.0 Å². The third-order valence-electron chi connectivity index (χ3n) is 4.45. The highest BCUT2D eigenvalue weighted by molar-refractivity contribution is 7.92. The van der Waals surface area contributed by atoms with Crippen molar-refractivity contribution in [1.29, 1.82) is 0 Å². The number of rotatable bonds is 4. The number of nitrogens with zero attached hydrogens (tertiary/aromatic N) is 2. The average Bonchev–Trinajstić information content (AvgIpc) is 3.04. The van der Waals surface area contributed by atoms with E-state index in [0.29, 0.717) is 16.4 Å². The summed E-state index contributed by atoms with van der Waals surface area (Å²) in [5, 5.41) is 1.33. The van der Waals surface area contributed by atoms with E-state index in [-0.39, 0.29) is 4.90 Å². The van der Waals surface area contributed by atoms with E-state index in [4.69, 9.17) is 11.6 Å². The summed E-state index contributed by atoms with van der Waals surface area (Å²) in [6, 6.07) is 6.77. The lowest BCUT2D eigenvalue weighted by Gasteiger charge is -2.09. The maximum absolute atomic E-state index is 12.9. The van der Waals surface area contributed by atoms with Crippen molar-refractivity contribution in [3.63, 3.8) is 0 Å². The Hall–Kier alpha value is -1.83. The highest BCUT2D eigenvalue weighted by Crippen LogP contribution is 2.32. The topological polar surface area (TPSA) is 64.0 Å². The fourth-order valence-corrected chi connectivity index (χ4v) is 5.08. The Balaban J connectivity index is 2.02. The molecule has 0 radical (unpaired) electrons. The van der Waals surface area contributed by atoms with Gasteiger partial charge in [-0.15, -0.1) is 11.3 Å². The van der Waals surface area contributed by atoms with Crippen LogP contribution in [0.25, 0.3) is 10.7 Å². The van der Waals surface area contributed by atoms with Crippen molar-refractivity contribution >= 4 is 38.6 Å².